The number of nitrogen functional groups attached to an aromatic ring is 1. The molecule has 0 aliphatic rings. The topological polar surface area (TPSA) is 98.6 Å². The Kier molecular flexibility index (Phi) is 3.86. The number of hydrogen-bond donors (Lipinski definition) is 3. The van der Waals surface area contributed by atoms with Gasteiger partial charge in [0.15, 0.2) is 0 Å². The molecule has 5 nitrogen and oxygen atoms in total. The minimum atomic E-state index is -1.32. The van der Waals surface area contributed by atoms with E-state index >= 15 is 0 Å². The molecule has 0 fully saturated rings. The Morgan fingerprint density at radius 1 is 1.28 bits per heavy atom. The van der Waals surface area contributed by atoms with Crippen LogP contribution in [0.25, 0.3) is 0 Å². The summed E-state index contributed by atoms with van der Waals surface area (Å²) in [6, 6.07) is 6.81. The molecule has 0 aliphatic heterocycles. The quantitative estimate of drug-likeness (QED) is 0.711. The monoisotopic (exact) mass is 252 g/mol. The van der Waals surface area contributed by atoms with Crippen molar-refractivity contribution in [2.45, 2.75) is 26.4 Å². The van der Waals surface area contributed by atoms with Crippen LogP contribution in [0.5, 0.6) is 0 Å². The molecule has 0 saturated carbocycles. The van der Waals surface area contributed by atoms with E-state index in [1.165, 1.54) is 0 Å². The molecule has 0 radical (unpaired) electrons. The molecule has 100 valence electrons. The second-order valence-corrected chi connectivity index (χ2v) is 5.34. The summed E-state index contributed by atoms with van der Waals surface area (Å²) >= 11 is 0. The molecule has 1 aromatic rings. The Labute approximate surface area is 107 Å². The van der Waals surface area contributed by atoms with Crippen LogP contribution in [-0.4, -0.2) is 17.8 Å². The highest BCUT2D eigenvalue weighted by Crippen LogP contribution is 2.39. The van der Waals surface area contributed by atoms with Crippen molar-refractivity contribution in [3.05, 3.63) is 29.8 Å². The van der Waals surface area contributed by atoms with Crippen LogP contribution in [0.15, 0.2) is 24.3 Å². The first-order chi connectivity index (χ1) is 8.17. The van der Waals surface area contributed by atoms with Crippen LogP contribution in [0.2, 0.25) is 0 Å². The molecule has 1 aromatic carbocycles. The third-order valence-electron chi connectivity index (χ3n) is 3.05. The SMILES string of the molecule is CC(C)(C)C(O)(COC(N)=O)c1ccc(N)cc1. The number of carbonyl (C=O) groups excluding carboxylic acids is 1. The maximum atomic E-state index is 10.8. The lowest BCUT2D eigenvalue weighted by Gasteiger charge is -2.40. The van der Waals surface area contributed by atoms with Crippen molar-refractivity contribution >= 4 is 11.8 Å². The number of aliphatic hydroxyl groups is 1. The van der Waals surface area contributed by atoms with Gasteiger partial charge in [0.25, 0.3) is 0 Å². The molecule has 0 spiro atoms. The van der Waals surface area contributed by atoms with Crippen LogP contribution < -0.4 is 11.5 Å². The van der Waals surface area contributed by atoms with E-state index < -0.39 is 17.1 Å². The fraction of sp³-hybridized carbons (Fsp3) is 0.462. The molecule has 18 heavy (non-hydrogen) atoms. The van der Waals surface area contributed by atoms with E-state index in [4.69, 9.17) is 16.2 Å². The van der Waals surface area contributed by atoms with Gasteiger partial charge in [-0.3, -0.25) is 0 Å². The number of ether oxygens (including phenoxy) is 1. The lowest BCUT2D eigenvalue weighted by Crippen LogP contribution is -2.45. The van der Waals surface area contributed by atoms with Gasteiger partial charge in [-0.05, 0) is 23.1 Å². The smallest absolute Gasteiger partial charge is 0.404 e. The van der Waals surface area contributed by atoms with Crippen molar-refractivity contribution in [1.29, 1.82) is 0 Å². The van der Waals surface area contributed by atoms with E-state index in [1.54, 1.807) is 24.3 Å². The van der Waals surface area contributed by atoms with Crippen molar-refractivity contribution in [3.63, 3.8) is 0 Å². The predicted molar refractivity (Wildman–Crippen MR) is 69.7 cm³/mol. The summed E-state index contributed by atoms with van der Waals surface area (Å²) in [5, 5.41) is 10.8. The molecule has 5 heteroatoms. The maximum Gasteiger partial charge on any atom is 0.404 e. The molecular weight excluding hydrogens is 232 g/mol. The Hall–Kier alpha value is -1.75. The molecule has 1 rings (SSSR count). The zero-order valence-corrected chi connectivity index (χ0v) is 10.9. The van der Waals surface area contributed by atoms with E-state index in [0.717, 1.165) is 0 Å². The van der Waals surface area contributed by atoms with Crippen molar-refractivity contribution in [2.75, 3.05) is 12.3 Å². The van der Waals surface area contributed by atoms with E-state index in [0.29, 0.717) is 11.3 Å². The number of hydrogen-bond acceptors (Lipinski definition) is 4. The normalized spacial score (nSPS) is 14.9. The third kappa shape index (κ3) is 2.92. The minimum absolute atomic E-state index is 0.199. The highest BCUT2D eigenvalue weighted by atomic mass is 16.6. The maximum absolute atomic E-state index is 10.8. The van der Waals surface area contributed by atoms with Crippen LogP contribution in [0.1, 0.15) is 26.3 Å². The second kappa shape index (κ2) is 4.86. The van der Waals surface area contributed by atoms with Crippen LogP contribution in [-0.2, 0) is 10.3 Å². The number of primary amides is 1. The van der Waals surface area contributed by atoms with Gasteiger partial charge in [0.1, 0.15) is 12.2 Å². The van der Waals surface area contributed by atoms with Gasteiger partial charge in [0.2, 0.25) is 0 Å². The molecule has 5 N–H and O–H groups in total. The zero-order chi connectivity index (χ0) is 14.0. The van der Waals surface area contributed by atoms with Crippen LogP contribution in [0.4, 0.5) is 10.5 Å². The van der Waals surface area contributed by atoms with Gasteiger partial charge >= 0.3 is 6.09 Å². The van der Waals surface area contributed by atoms with Crippen LogP contribution in [0.3, 0.4) is 0 Å². The first-order valence-electron chi connectivity index (χ1n) is 5.67. The number of amides is 1. The fourth-order valence-corrected chi connectivity index (χ4v) is 1.67. The second-order valence-electron chi connectivity index (χ2n) is 5.34. The molecule has 0 bridgehead atoms. The summed E-state index contributed by atoms with van der Waals surface area (Å²) in [5.74, 6) is 0. The zero-order valence-electron chi connectivity index (χ0n) is 10.9. The fourth-order valence-electron chi connectivity index (χ4n) is 1.67. The standard InChI is InChI=1S/C13H20N2O3/c1-12(2,3)13(17,8-18-11(15)16)9-4-6-10(14)7-5-9/h4-7,17H,8,14H2,1-3H3,(H2,15,16). The lowest BCUT2D eigenvalue weighted by atomic mass is 9.72. The molecule has 1 unspecified atom stereocenters. The number of carbonyl (C=O) groups is 1. The summed E-state index contributed by atoms with van der Waals surface area (Å²) in [6.45, 7) is 5.37. The van der Waals surface area contributed by atoms with E-state index in [9.17, 15) is 9.90 Å². The number of rotatable bonds is 3. The Bertz CT molecular complexity index is 423. The minimum Gasteiger partial charge on any atom is -0.446 e. The average Bonchev–Trinajstić information content (AvgIpc) is 2.25. The van der Waals surface area contributed by atoms with E-state index in [-0.39, 0.29) is 6.61 Å². The van der Waals surface area contributed by atoms with Gasteiger partial charge in [-0.1, -0.05) is 32.9 Å². The molecule has 0 aromatic heterocycles. The van der Waals surface area contributed by atoms with Crippen LogP contribution >= 0.6 is 0 Å². The summed E-state index contributed by atoms with van der Waals surface area (Å²) < 4.78 is 4.78. The first-order valence-corrected chi connectivity index (χ1v) is 5.67. The average molecular weight is 252 g/mol. The Morgan fingerprint density at radius 2 is 1.78 bits per heavy atom. The molecule has 0 aliphatic carbocycles. The Balaban J connectivity index is 3.12. The van der Waals surface area contributed by atoms with Gasteiger partial charge in [-0.25, -0.2) is 4.79 Å². The largest absolute Gasteiger partial charge is 0.446 e. The van der Waals surface area contributed by atoms with Crippen molar-refractivity contribution in [2.24, 2.45) is 11.1 Å². The van der Waals surface area contributed by atoms with Gasteiger partial charge in [0, 0.05) is 5.69 Å². The lowest BCUT2D eigenvalue weighted by molar-refractivity contribution is -0.102. The Morgan fingerprint density at radius 3 is 2.17 bits per heavy atom. The summed E-state index contributed by atoms with van der Waals surface area (Å²) in [7, 11) is 0. The molecular formula is C13H20N2O3. The number of nitrogens with two attached hydrogens (primary N) is 2. The van der Waals surface area contributed by atoms with Crippen LogP contribution in [0, 0.1) is 5.41 Å². The van der Waals surface area contributed by atoms with Gasteiger partial charge in [-0.2, -0.15) is 0 Å². The predicted octanol–water partition coefficient (Wildman–Crippen LogP) is 1.60. The van der Waals surface area contributed by atoms with Gasteiger partial charge < -0.3 is 21.3 Å². The molecule has 0 saturated heterocycles. The summed E-state index contributed by atoms with van der Waals surface area (Å²) in [6.07, 6.45) is -0.909. The highest BCUT2D eigenvalue weighted by Gasteiger charge is 2.42. The third-order valence-corrected chi connectivity index (χ3v) is 3.05. The van der Waals surface area contributed by atoms with Gasteiger partial charge in [-0.15, -0.1) is 0 Å². The van der Waals surface area contributed by atoms with E-state index in [1.807, 2.05) is 20.8 Å². The number of benzene rings is 1. The van der Waals surface area contributed by atoms with Gasteiger partial charge in [0.05, 0.1) is 0 Å². The molecule has 1 atom stereocenters. The number of anilines is 1. The molecule has 1 amide bonds. The van der Waals surface area contributed by atoms with Crippen molar-refractivity contribution in [3.8, 4) is 0 Å². The first kappa shape index (κ1) is 14.3. The molecule has 0 heterocycles. The summed E-state index contributed by atoms with van der Waals surface area (Å²) in [4.78, 5) is 10.7. The highest BCUT2D eigenvalue weighted by molar-refractivity contribution is 5.64. The van der Waals surface area contributed by atoms with Crippen molar-refractivity contribution < 1.29 is 14.6 Å². The van der Waals surface area contributed by atoms with E-state index in [2.05, 4.69) is 0 Å². The van der Waals surface area contributed by atoms with Crippen molar-refractivity contribution in [1.82, 2.24) is 0 Å². The summed E-state index contributed by atoms with van der Waals surface area (Å²) in [5.41, 5.74) is 9.95.